The van der Waals surface area contributed by atoms with Gasteiger partial charge in [0, 0.05) is 18.8 Å². The van der Waals surface area contributed by atoms with Crippen molar-refractivity contribution >= 4 is 11.6 Å². The first-order chi connectivity index (χ1) is 8.80. The lowest BCUT2D eigenvalue weighted by molar-refractivity contribution is -0.185. The minimum atomic E-state index is -4.81. The smallest absolute Gasteiger partial charge is 0.398 e. The van der Waals surface area contributed by atoms with Crippen molar-refractivity contribution in [2.45, 2.75) is 25.9 Å². The molecule has 0 spiro atoms. The molecule has 104 valence electrons. The van der Waals surface area contributed by atoms with Crippen LogP contribution < -0.4 is 5.73 Å². The van der Waals surface area contributed by atoms with Gasteiger partial charge in [-0.2, -0.15) is 13.2 Å². The van der Waals surface area contributed by atoms with E-state index in [2.05, 4.69) is 0 Å². The average molecular weight is 272 g/mol. The fourth-order valence-electron chi connectivity index (χ4n) is 2.35. The molecule has 0 bridgehead atoms. The van der Waals surface area contributed by atoms with Crippen LogP contribution in [0.15, 0.2) is 12.1 Å². The zero-order chi connectivity index (χ0) is 14.2. The fourth-order valence-corrected chi connectivity index (χ4v) is 2.35. The van der Waals surface area contributed by atoms with E-state index in [1.807, 2.05) is 19.1 Å². The number of fused-ring (bicyclic) bond motifs is 1. The Morgan fingerprint density at radius 3 is 2.53 bits per heavy atom. The van der Waals surface area contributed by atoms with Crippen LogP contribution in [0.5, 0.6) is 0 Å². The van der Waals surface area contributed by atoms with Crippen molar-refractivity contribution < 1.29 is 18.0 Å². The summed E-state index contributed by atoms with van der Waals surface area (Å²) >= 11 is 0. The number of hydrogen-bond donors (Lipinski definition) is 1. The average Bonchev–Trinajstić information content (AvgIpc) is 2.54. The standard InChI is InChI=1S/C13H15F3N2O/c1-8-2-3-9-4-6-18(12(19)13(14,15)16)7-5-10(9)11(8)17/h2-3H,4-7,17H2,1H3. The lowest BCUT2D eigenvalue weighted by Gasteiger charge is -2.21. The van der Waals surface area contributed by atoms with Gasteiger partial charge >= 0.3 is 12.1 Å². The van der Waals surface area contributed by atoms with Crippen LogP contribution in [0.25, 0.3) is 0 Å². The van der Waals surface area contributed by atoms with Crippen LogP contribution in [0.2, 0.25) is 0 Å². The Balaban J connectivity index is 2.22. The van der Waals surface area contributed by atoms with E-state index in [4.69, 9.17) is 5.73 Å². The lowest BCUT2D eigenvalue weighted by Crippen LogP contribution is -2.42. The summed E-state index contributed by atoms with van der Waals surface area (Å²) in [5.41, 5.74) is 9.29. The molecule has 19 heavy (non-hydrogen) atoms. The number of carbonyl (C=O) groups is 1. The number of hydrogen-bond acceptors (Lipinski definition) is 2. The number of nitrogens with zero attached hydrogens (tertiary/aromatic N) is 1. The van der Waals surface area contributed by atoms with Gasteiger partial charge in [0.25, 0.3) is 0 Å². The molecule has 0 aliphatic carbocycles. The molecule has 1 aliphatic heterocycles. The van der Waals surface area contributed by atoms with Crippen LogP contribution >= 0.6 is 0 Å². The van der Waals surface area contributed by atoms with Crippen molar-refractivity contribution in [1.82, 2.24) is 4.90 Å². The zero-order valence-corrected chi connectivity index (χ0v) is 10.5. The lowest BCUT2D eigenvalue weighted by atomic mass is 9.98. The van der Waals surface area contributed by atoms with Crippen molar-refractivity contribution in [2.24, 2.45) is 0 Å². The molecule has 1 amide bonds. The molecule has 1 aliphatic rings. The third-order valence-electron chi connectivity index (χ3n) is 3.48. The summed E-state index contributed by atoms with van der Waals surface area (Å²) < 4.78 is 37.3. The normalized spacial score (nSPS) is 15.9. The van der Waals surface area contributed by atoms with Crippen LogP contribution in [0.4, 0.5) is 18.9 Å². The summed E-state index contributed by atoms with van der Waals surface area (Å²) in [6.45, 7) is 1.99. The van der Waals surface area contributed by atoms with E-state index in [9.17, 15) is 18.0 Å². The van der Waals surface area contributed by atoms with E-state index in [-0.39, 0.29) is 13.1 Å². The topological polar surface area (TPSA) is 46.3 Å². The molecule has 6 heteroatoms. The number of carbonyl (C=O) groups excluding carboxylic acids is 1. The Labute approximate surface area is 109 Å². The van der Waals surface area contributed by atoms with E-state index in [0.29, 0.717) is 18.5 Å². The number of nitrogen functional groups attached to an aromatic ring is 1. The number of rotatable bonds is 0. The minimum absolute atomic E-state index is 0.0546. The molecule has 1 aromatic rings. The first-order valence-electron chi connectivity index (χ1n) is 6.03. The molecule has 1 heterocycles. The van der Waals surface area contributed by atoms with Crippen LogP contribution in [-0.4, -0.2) is 30.1 Å². The highest BCUT2D eigenvalue weighted by Crippen LogP contribution is 2.27. The highest BCUT2D eigenvalue weighted by Gasteiger charge is 2.42. The second kappa shape index (κ2) is 4.75. The quantitative estimate of drug-likeness (QED) is 0.735. The van der Waals surface area contributed by atoms with Crippen molar-refractivity contribution in [3.05, 3.63) is 28.8 Å². The molecule has 0 fully saturated rings. The van der Waals surface area contributed by atoms with Crippen LogP contribution in [0.3, 0.4) is 0 Å². The van der Waals surface area contributed by atoms with Gasteiger partial charge < -0.3 is 10.6 Å². The molecular weight excluding hydrogens is 257 g/mol. The van der Waals surface area contributed by atoms with Gasteiger partial charge in [0.1, 0.15) is 0 Å². The second-order valence-electron chi connectivity index (χ2n) is 4.72. The molecule has 0 saturated carbocycles. The van der Waals surface area contributed by atoms with E-state index in [1.165, 1.54) is 0 Å². The zero-order valence-electron chi connectivity index (χ0n) is 10.5. The maximum atomic E-state index is 12.4. The molecule has 0 saturated heterocycles. The maximum absolute atomic E-state index is 12.4. The Bertz CT molecular complexity index is 511. The van der Waals surface area contributed by atoms with Gasteiger partial charge in [-0.05, 0) is 36.5 Å². The van der Waals surface area contributed by atoms with E-state index < -0.39 is 12.1 Å². The van der Waals surface area contributed by atoms with Crippen molar-refractivity contribution in [3.63, 3.8) is 0 Å². The van der Waals surface area contributed by atoms with Crippen molar-refractivity contribution in [2.75, 3.05) is 18.8 Å². The van der Waals surface area contributed by atoms with E-state index >= 15 is 0 Å². The van der Waals surface area contributed by atoms with Crippen LogP contribution in [0, 0.1) is 6.92 Å². The largest absolute Gasteiger partial charge is 0.471 e. The van der Waals surface area contributed by atoms with Gasteiger partial charge in [-0.25, -0.2) is 0 Å². The molecule has 2 rings (SSSR count). The summed E-state index contributed by atoms with van der Waals surface area (Å²) in [5, 5.41) is 0. The van der Waals surface area contributed by atoms with Gasteiger partial charge in [-0.1, -0.05) is 12.1 Å². The summed E-state index contributed by atoms with van der Waals surface area (Å²) in [7, 11) is 0. The number of aryl methyl sites for hydroxylation is 1. The molecular formula is C13H15F3N2O. The fraction of sp³-hybridized carbons (Fsp3) is 0.462. The third kappa shape index (κ3) is 2.67. The summed E-state index contributed by atoms with van der Waals surface area (Å²) in [4.78, 5) is 12.1. The number of alkyl halides is 3. The highest BCUT2D eigenvalue weighted by atomic mass is 19.4. The van der Waals surface area contributed by atoms with Crippen molar-refractivity contribution in [3.8, 4) is 0 Å². The number of anilines is 1. The first-order valence-corrected chi connectivity index (χ1v) is 6.03. The first kappa shape index (κ1) is 13.7. The number of amides is 1. The van der Waals surface area contributed by atoms with Crippen molar-refractivity contribution in [1.29, 1.82) is 0 Å². The monoisotopic (exact) mass is 272 g/mol. The van der Waals surface area contributed by atoms with Gasteiger partial charge in [0.15, 0.2) is 0 Å². The van der Waals surface area contributed by atoms with E-state index in [0.717, 1.165) is 21.6 Å². The molecule has 0 radical (unpaired) electrons. The molecule has 0 atom stereocenters. The Morgan fingerprint density at radius 2 is 1.89 bits per heavy atom. The SMILES string of the molecule is Cc1ccc2c(c1N)CCN(C(=O)C(F)(F)F)CC2. The van der Waals surface area contributed by atoms with Gasteiger partial charge in [-0.3, -0.25) is 4.79 Å². The molecule has 0 unspecified atom stereocenters. The Morgan fingerprint density at radius 1 is 1.26 bits per heavy atom. The molecule has 0 aromatic heterocycles. The van der Waals surface area contributed by atoms with Gasteiger partial charge in [0.05, 0.1) is 0 Å². The predicted molar refractivity (Wildman–Crippen MR) is 65.6 cm³/mol. The number of nitrogens with two attached hydrogens (primary N) is 1. The second-order valence-corrected chi connectivity index (χ2v) is 4.72. The van der Waals surface area contributed by atoms with Gasteiger partial charge in [-0.15, -0.1) is 0 Å². The minimum Gasteiger partial charge on any atom is -0.398 e. The van der Waals surface area contributed by atoms with E-state index in [1.54, 1.807) is 0 Å². The maximum Gasteiger partial charge on any atom is 0.471 e. The Hall–Kier alpha value is -1.72. The molecule has 2 N–H and O–H groups in total. The summed E-state index contributed by atoms with van der Waals surface area (Å²) in [5.74, 6) is -1.77. The van der Waals surface area contributed by atoms with Crippen LogP contribution in [0.1, 0.15) is 16.7 Å². The Kier molecular flexibility index (Phi) is 3.43. The molecule has 3 nitrogen and oxygen atoms in total. The van der Waals surface area contributed by atoms with Crippen LogP contribution in [-0.2, 0) is 17.6 Å². The number of halogens is 3. The third-order valence-corrected chi connectivity index (χ3v) is 3.48. The summed E-state index contributed by atoms with van der Waals surface area (Å²) in [6.07, 6.45) is -4.04. The predicted octanol–water partition coefficient (Wildman–Crippen LogP) is 2.07. The number of benzene rings is 1. The summed E-state index contributed by atoms with van der Waals surface area (Å²) in [6, 6.07) is 3.73. The highest BCUT2D eigenvalue weighted by molar-refractivity contribution is 5.82. The molecule has 1 aromatic carbocycles. The van der Waals surface area contributed by atoms with Gasteiger partial charge in [0.2, 0.25) is 0 Å².